The first-order valence-corrected chi connectivity index (χ1v) is 19.4. The molecule has 56 heavy (non-hydrogen) atoms. The minimum atomic E-state index is 0.00956. The summed E-state index contributed by atoms with van der Waals surface area (Å²) in [6.07, 6.45) is 9.41. The maximum atomic E-state index is 5.58. The molecule has 6 aromatic rings. The molecule has 0 aliphatic carbocycles. The van der Waals surface area contributed by atoms with Gasteiger partial charge in [-0.15, -0.1) is 0 Å². The van der Waals surface area contributed by atoms with Crippen LogP contribution in [0, 0.1) is 0 Å². The van der Waals surface area contributed by atoms with Crippen molar-refractivity contribution in [1.29, 1.82) is 0 Å². The minimum Gasteiger partial charge on any atom is -0.497 e. The topological polar surface area (TPSA) is 92.6 Å². The quantitative estimate of drug-likeness (QED) is 0.117. The van der Waals surface area contributed by atoms with Gasteiger partial charge in [-0.05, 0) is 95.1 Å². The number of nitrogens with one attached hydrogen (secondary N) is 4. The van der Waals surface area contributed by atoms with Gasteiger partial charge in [0, 0.05) is 70.6 Å². The Labute approximate surface area is 328 Å². The van der Waals surface area contributed by atoms with Crippen LogP contribution in [0.15, 0.2) is 146 Å². The van der Waals surface area contributed by atoms with Gasteiger partial charge in [0.05, 0.1) is 28.4 Å². The third-order valence-electron chi connectivity index (χ3n) is 12.0. The summed E-state index contributed by atoms with van der Waals surface area (Å²) in [7, 11) is 6.85. The van der Waals surface area contributed by atoms with Crippen molar-refractivity contribution in [2.75, 3.05) is 28.4 Å². The average molecular weight is 745 g/mol. The lowest BCUT2D eigenvalue weighted by Gasteiger charge is -2.30. The molecule has 8 heteroatoms. The minimum absolute atomic E-state index is 0.00956. The number of H-pyrrole nitrogens is 2. The average Bonchev–Trinajstić information content (AvgIpc) is 4.10. The van der Waals surface area contributed by atoms with E-state index in [4.69, 9.17) is 18.9 Å². The normalized spacial score (nSPS) is 25.2. The molecule has 3 aliphatic rings. The molecule has 9 rings (SSSR count). The number of ether oxygens (including phenoxy) is 4. The number of aromatic nitrogens is 2. The highest BCUT2D eigenvalue weighted by Crippen LogP contribution is 2.42. The molecule has 8 atom stereocenters. The van der Waals surface area contributed by atoms with Crippen molar-refractivity contribution in [3.05, 3.63) is 191 Å². The van der Waals surface area contributed by atoms with E-state index in [2.05, 4.69) is 166 Å². The van der Waals surface area contributed by atoms with Crippen molar-refractivity contribution in [3.8, 4) is 23.0 Å². The Morgan fingerprint density at radius 1 is 0.304 bits per heavy atom. The molecule has 0 spiro atoms. The first kappa shape index (κ1) is 35.7. The summed E-state index contributed by atoms with van der Waals surface area (Å²) in [5, 5.41) is 8.20. The highest BCUT2D eigenvalue weighted by Gasteiger charge is 2.38. The highest BCUT2D eigenvalue weighted by molar-refractivity contribution is 5.47. The Morgan fingerprint density at radius 2 is 0.518 bits per heavy atom. The van der Waals surface area contributed by atoms with Crippen LogP contribution in [0.1, 0.15) is 68.7 Å². The van der Waals surface area contributed by atoms with Crippen LogP contribution in [0.25, 0.3) is 0 Å². The first-order chi connectivity index (χ1) is 27.5. The van der Waals surface area contributed by atoms with Crippen LogP contribution in [0.4, 0.5) is 0 Å². The SMILES string of the molecule is COc1ccc(C2c3ccc([nH]3)C(c3ccc(OC)cc3)C3C=CC(N3)C(c3ccc(OC)cc3)c3ccc([nH]3)C(c3ccc(OC)cc3)C3C=CC2N3)cc1. The molecule has 0 radical (unpaired) electrons. The first-order valence-electron chi connectivity index (χ1n) is 19.4. The molecule has 284 valence electrons. The summed E-state index contributed by atoms with van der Waals surface area (Å²) in [5.41, 5.74) is 9.41. The van der Waals surface area contributed by atoms with Crippen LogP contribution in [0.2, 0.25) is 0 Å². The van der Waals surface area contributed by atoms with E-state index in [1.165, 1.54) is 22.3 Å². The Balaban J connectivity index is 1.20. The maximum absolute atomic E-state index is 5.58. The number of rotatable bonds is 8. The predicted molar refractivity (Wildman–Crippen MR) is 221 cm³/mol. The Kier molecular flexibility index (Phi) is 9.75. The van der Waals surface area contributed by atoms with E-state index in [-0.39, 0.29) is 47.8 Å². The van der Waals surface area contributed by atoms with Crippen LogP contribution >= 0.6 is 0 Å². The fourth-order valence-electron chi connectivity index (χ4n) is 9.13. The molecule has 0 saturated carbocycles. The van der Waals surface area contributed by atoms with Gasteiger partial charge in [-0.3, -0.25) is 0 Å². The third kappa shape index (κ3) is 6.69. The molecule has 5 heterocycles. The zero-order valence-corrected chi connectivity index (χ0v) is 32.1. The second kappa shape index (κ2) is 15.3. The monoisotopic (exact) mass is 744 g/mol. The van der Waals surface area contributed by atoms with Crippen molar-refractivity contribution in [2.24, 2.45) is 0 Å². The third-order valence-corrected chi connectivity index (χ3v) is 12.0. The molecular formula is C48H48N4O4. The zero-order valence-electron chi connectivity index (χ0n) is 32.1. The number of benzene rings is 4. The summed E-state index contributed by atoms with van der Waals surface area (Å²) < 4.78 is 22.3. The number of hydrogen-bond acceptors (Lipinski definition) is 6. The van der Waals surface area contributed by atoms with E-state index in [1.54, 1.807) is 28.4 Å². The number of methoxy groups -OCH3 is 4. The molecule has 8 nitrogen and oxygen atoms in total. The predicted octanol–water partition coefficient (Wildman–Crippen LogP) is 8.41. The molecule has 3 aliphatic heterocycles. The van der Waals surface area contributed by atoms with Gasteiger partial charge in [0.1, 0.15) is 23.0 Å². The van der Waals surface area contributed by atoms with E-state index >= 15 is 0 Å². The molecule has 0 fully saturated rings. The largest absolute Gasteiger partial charge is 0.497 e. The lowest BCUT2D eigenvalue weighted by atomic mass is 9.87. The van der Waals surface area contributed by atoms with E-state index in [0.29, 0.717) is 0 Å². The van der Waals surface area contributed by atoms with Crippen molar-refractivity contribution >= 4 is 0 Å². The molecular weight excluding hydrogens is 697 g/mol. The number of fused-ring (bicyclic) bond motifs is 8. The standard InChI is InChI=1S/C48H48N4O4/c1-53-33-13-5-29(6-14-33)45-37-21-23-39(49-37)46(30-7-15-34(54-2)16-8-30)41-25-27-43(51-41)48(32-11-19-36(56-4)20-12-32)44-28-26-42(52-44)47(40-24-22-38(45)50-40)31-9-17-35(55-3)18-10-31/h5-28,37,39,42,44-52H,1-4H3. The van der Waals surface area contributed by atoms with Crippen LogP contribution < -0.4 is 29.6 Å². The van der Waals surface area contributed by atoms with Gasteiger partial charge in [0.15, 0.2) is 0 Å². The van der Waals surface area contributed by atoms with E-state index in [9.17, 15) is 0 Å². The molecule has 2 aromatic heterocycles. The maximum Gasteiger partial charge on any atom is 0.118 e. The summed E-state index contributed by atoms with van der Waals surface area (Å²) in [4.78, 5) is 7.97. The molecule has 0 saturated heterocycles. The van der Waals surface area contributed by atoms with Crippen molar-refractivity contribution in [2.45, 2.75) is 47.8 Å². The zero-order chi connectivity index (χ0) is 38.2. The number of hydrogen-bond donors (Lipinski definition) is 4. The second-order valence-corrected chi connectivity index (χ2v) is 14.9. The number of aromatic amines is 2. The van der Waals surface area contributed by atoms with Crippen molar-refractivity contribution < 1.29 is 18.9 Å². The van der Waals surface area contributed by atoms with Crippen LogP contribution in [0.3, 0.4) is 0 Å². The summed E-state index contributed by atoms with van der Waals surface area (Å²) >= 11 is 0. The molecule has 4 aromatic carbocycles. The van der Waals surface area contributed by atoms with Gasteiger partial charge in [0.25, 0.3) is 0 Å². The van der Waals surface area contributed by atoms with Crippen molar-refractivity contribution in [1.82, 2.24) is 20.6 Å². The van der Waals surface area contributed by atoms with Crippen molar-refractivity contribution in [3.63, 3.8) is 0 Å². The van der Waals surface area contributed by atoms with E-state index < -0.39 is 0 Å². The van der Waals surface area contributed by atoms with Crippen LogP contribution in [-0.2, 0) is 0 Å². The van der Waals surface area contributed by atoms with Gasteiger partial charge < -0.3 is 39.5 Å². The summed E-state index contributed by atoms with van der Waals surface area (Å²) in [5.74, 6) is 3.39. The molecule has 4 N–H and O–H groups in total. The molecule has 8 unspecified atom stereocenters. The fourth-order valence-corrected chi connectivity index (χ4v) is 9.13. The Morgan fingerprint density at radius 3 is 0.714 bits per heavy atom. The van der Waals surface area contributed by atoms with Gasteiger partial charge in [0.2, 0.25) is 0 Å². The highest BCUT2D eigenvalue weighted by atomic mass is 16.5. The summed E-state index contributed by atoms with van der Waals surface area (Å²) in [6.45, 7) is 0. The molecule has 0 amide bonds. The second-order valence-electron chi connectivity index (χ2n) is 14.9. The van der Waals surface area contributed by atoms with Gasteiger partial charge >= 0.3 is 0 Å². The fraction of sp³-hybridized carbons (Fsp3) is 0.250. The van der Waals surface area contributed by atoms with Crippen LogP contribution in [0.5, 0.6) is 23.0 Å². The lowest BCUT2D eigenvalue weighted by molar-refractivity contribution is 0.414. The van der Waals surface area contributed by atoms with Gasteiger partial charge in [-0.1, -0.05) is 72.8 Å². The van der Waals surface area contributed by atoms with Crippen LogP contribution in [-0.4, -0.2) is 62.6 Å². The Hall–Kier alpha value is -5.96. The Bertz CT molecular complexity index is 1990. The van der Waals surface area contributed by atoms with E-state index in [1.807, 2.05) is 0 Å². The van der Waals surface area contributed by atoms with Gasteiger partial charge in [-0.25, -0.2) is 0 Å². The molecule has 8 bridgehead atoms. The summed E-state index contributed by atoms with van der Waals surface area (Å²) in [6, 6.07) is 43.1. The smallest absolute Gasteiger partial charge is 0.118 e. The van der Waals surface area contributed by atoms with Gasteiger partial charge in [-0.2, -0.15) is 0 Å². The lowest BCUT2D eigenvalue weighted by Crippen LogP contribution is -2.40. The van der Waals surface area contributed by atoms with E-state index in [0.717, 1.165) is 45.8 Å².